The molecule has 0 spiro atoms. The van der Waals surface area contributed by atoms with E-state index in [1.807, 2.05) is 24.3 Å². The summed E-state index contributed by atoms with van der Waals surface area (Å²) in [5.41, 5.74) is 2.56. The summed E-state index contributed by atoms with van der Waals surface area (Å²) in [4.78, 5) is 8.67. The summed E-state index contributed by atoms with van der Waals surface area (Å²) in [7, 11) is 0. The van der Waals surface area contributed by atoms with E-state index in [2.05, 4.69) is 20.2 Å². The molecule has 2 aliphatic rings. The van der Waals surface area contributed by atoms with Crippen LogP contribution in [0, 0.1) is 0 Å². The van der Waals surface area contributed by atoms with Gasteiger partial charge in [-0.05, 0) is 12.1 Å². The fourth-order valence-electron chi connectivity index (χ4n) is 1.36. The lowest BCUT2D eigenvalue weighted by Crippen LogP contribution is -1.77. The van der Waals surface area contributed by atoms with E-state index in [1.165, 1.54) is 0 Å². The lowest BCUT2D eigenvalue weighted by molar-refractivity contribution is 1.08. The molecule has 4 nitrogen and oxygen atoms in total. The van der Waals surface area contributed by atoms with Crippen molar-refractivity contribution in [3.8, 4) is 11.4 Å². The molecule has 2 aliphatic heterocycles. The van der Waals surface area contributed by atoms with Crippen LogP contribution < -0.4 is 0 Å². The van der Waals surface area contributed by atoms with E-state index >= 15 is 0 Å². The van der Waals surface area contributed by atoms with Gasteiger partial charge in [-0.1, -0.05) is 12.1 Å². The lowest BCUT2D eigenvalue weighted by Gasteiger charge is -1.86. The molecule has 0 atom stereocenters. The number of nitrogens with zero attached hydrogens (tertiary/aromatic N) is 4. The molecule has 0 saturated heterocycles. The molecule has 0 fully saturated rings. The highest BCUT2D eigenvalue weighted by molar-refractivity contribution is 5.75. The first-order valence-electron chi connectivity index (χ1n) is 4.27. The second kappa shape index (κ2) is 2.70. The number of para-hydroxylation sites is 2. The van der Waals surface area contributed by atoms with Gasteiger partial charge in [-0.15, -0.1) is 5.10 Å². The monoisotopic (exact) mass is 182 g/mol. The third-order valence-corrected chi connectivity index (χ3v) is 2.06. The Morgan fingerprint density at radius 3 is 2.71 bits per heavy atom. The van der Waals surface area contributed by atoms with Crippen LogP contribution in [0.1, 0.15) is 0 Å². The number of hydrogen-bond acceptors (Lipinski definition) is 4. The van der Waals surface area contributed by atoms with Crippen molar-refractivity contribution in [2.24, 2.45) is 0 Å². The zero-order chi connectivity index (χ0) is 9.38. The molecule has 1 aromatic rings. The van der Waals surface area contributed by atoms with E-state index in [9.17, 15) is 0 Å². The molecular formula is C10H6N4. The van der Waals surface area contributed by atoms with Gasteiger partial charge in [0.25, 0.3) is 0 Å². The first-order chi connectivity index (χ1) is 6.93. The van der Waals surface area contributed by atoms with Gasteiger partial charge in [0.15, 0.2) is 5.82 Å². The summed E-state index contributed by atoms with van der Waals surface area (Å²) in [6, 6.07) is 7.71. The third-order valence-electron chi connectivity index (χ3n) is 2.06. The van der Waals surface area contributed by atoms with E-state index in [-0.39, 0.29) is 0 Å². The fourth-order valence-corrected chi connectivity index (χ4v) is 1.36. The van der Waals surface area contributed by atoms with Gasteiger partial charge in [-0.25, -0.2) is 4.98 Å². The van der Waals surface area contributed by atoms with Crippen molar-refractivity contribution in [1.82, 2.24) is 20.2 Å². The van der Waals surface area contributed by atoms with Gasteiger partial charge in [0.2, 0.25) is 0 Å². The fraction of sp³-hybridized carbons (Fsp3) is 0. The normalized spacial score (nSPS) is 10.9. The zero-order valence-corrected chi connectivity index (χ0v) is 7.25. The Bertz CT molecular complexity index is 564. The van der Waals surface area contributed by atoms with Crippen molar-refractivity contribution < 1.29 is 0 Å². The second-order valence-electron chi connectivity index (χ2n) is 2.98. The predicted octanol–water partition coefficient (Wildman–Crippen LogP) is 1.52. The van der Waals surface area contributed by atoms with Crippen LogP contribution in [0.5, 0.6) is 0 Å². The van der Waals surface area contributed by atoms with Crippen LogP contribution in [0.2, 0.25) is 0 Å². The third kappa shape index (κ3) is 1.01. The summed E-state index contributed by atoms with van der Waals surface area (Å²) < 4.78 is 0. The van der Waals surface area contributed by atoms with Gasteiger partial charge >= 0.3 is 0 Å². The maximum Gasteiger partial charge on any atom is 0.185 e. The summed E-state index contributed by atoms with van der Waals surface area (Å²) in [6.45, 7) is 0. The Morgan fingerprint density at radius 1 is 0.929 bits per heavy atom. The SMILES string of the molecule is c1ccc2nc3nncc-3cnc2c1. The molecule has 0 aromatic heterocycles. The molecule has 0 unspecified atom stereocenters. The van der Waals surface area contributed by atoms with E-state index in [1.54, 1.807) is 12.4 Å². The summed E-state index contributed by atoms with van der Waals surface area (Å²) in [5, 5.41) is 7.69. The van der Waals surface area contributed by atoms with E-state index < -0.39 is 0 Å². The molecule has 3 rings (SSSR count). The molecule has 0 bridgehead atoms. The van der Waals surface area contributed by atoms with Crippen molar-refractivity contribution in [3.63, 3.8) is 0 Å². The highest BCUT2D eigenvalue weighted by Gasteiger charge is 2.05. The minimum absolute atomic E-state index is 0.638. The second-order valence-corrected chi connectivity index (χ2v) is 2.98. The number of fused-ring (bicyclic) bond motifs is 2. The largest absolute Gasteiger partial charge is 0.254 e. The van der Waals surface area contributed by atoms with Crippen molar-refractivity contribution in [2.45, 2.75) is 0 Å². The van der Waals surface area contributed by atoms with Crippen LogP contribution in [-0.2, 0) is 0 Å². The maximum atomic E-state index is 4.36. The zero-order valence-electron chi connectivity index (χ0n) is 7.25. The Hall–Kier alpha value is -2.10. The van der Waals surface area contributed by atoms with Crippen LogP contribution in [0.15, 0.2) is 36.7 Å². The Labute approximate surface area is 80.0 Å². The number of benzene rings is 1. The molecule has 0 aliphatic carbocycles. The van der Waals surface area contributed by atoms with Gasteiger partial charge in [-0.2, -0.15) is 5.10 Å². The van der Waals surface area contributed by atoms with Crippen molar-refractivity contribution >= 4 is 11.0 Å². The van der Waals surface area contributed by atoms with Crippen LogP contribution in [-0.4, -0.2) is 20.2 Å². The number of rotatable bonds is 0. The predicted molar refractivity (Wildman–Crippen MR) is 51.8 cm³/mol. The van der Waals surface area contributed by atoms with Crippen molar-refractivity contribution in [2.75, 3.05) is 0 Å². The highest BCUT2D eigenvalue weighted by atomic mass is 15.1. The smallest absolute Gasteiger partial charge is 0.185 e. The topological polar surface area (TPSA) is 51.6 Å². The van der Waals surface area contributed by atoms with E-state index in [0.717, 1.165) is 16.6 Å². The average Bonchev–Trinajstić information content (AvgIpc) is 2.58. The van der Waals surface area contributed by atoms with E-state index in [4.69, 9.17) is 0 Å². The maximum absolute atomic E-state index is 4.36. The molecule has 4 heteroatoms. The summed E-state index contributed by atoms with van der Waals surface area (Å²) in [6.07, 6.45) is 3.40. The highest BCUT2D eigenvalue weighted by Crippen LogP contribution is 2.16. The van der Waals surface area contributed by atoms with Crippen LogP contribution >= 0.6 is 0 Å². The summed E-state index contributed by atoms with van der Waals surface area (Å²) in [5.74, 6) is 0.638. The molecule has 0 amide bonds. The Morgan fingerprint density at radius 2 is 1.79 bits per heavy atom. The molecular weight excluding hydrogens is 176 g/mol. The molecule has 0 radical (unpaired) electrons. The van der Waals surface area contributed by atoms with Gasteiger partial charge in [-0.3, -0.25) is 4.98 Å². The Kier molecular flexibility index (Phi) is 1.41. The quantitative estimate of drug-likeness (QED) is 0.529. The molecule has 0 N–H and O–H groups in total. The van der Waals surface area contributed by atoms with Crippen molar-refractivity contribution in [1.29, 1.82) is 0 Å². The molecule has 66 valence electrons. The molecule has 0 saturated carbocycles. The number of aromatic nitrogens is 4. The van der Waals surface area contributed by atoms with Crippen LogP contribution in [0.4, 0.5) is 0 Å². The van der Waals surface area contributed by atoms with Gasteiger partial charge in [0.1, 0.15) is 0 Å². The Balaban J connectivity index is 2.48. The van der Waals surface area contributed by atoms with Gasteiger partial charge < -0.3 is 0 Å². The van der Waals surface area contributed by atoms with E-state index in [0.29, 0.717) is 5.82 Å². The van der Waals surface area contributed by atoms with Gasteiger partial charge in [0, 0.05) is 6.20 Å². The van der Waals surface area contributed by atoms with Crippen LogP contribution in [0.25, 0.3) is 22.4 Å². The lowest BCUT2D eigenvalue weighted by atomic mass is 10.3. The molecule has 2 heterocycles. The standard InChI is InChI=1S/C10H6N4/c1-2-4-9-8(3-1)11-5-7-6-12-14-10(7)13-9/h1-6H. The molecule has 14 heavy (non-hydrogen) atoms. The minimum atomic E-state index is 0.638. The first-order valence-corrected chi connectivity index (χ1v) is 4.27. The molecule has 1 aromatic carbocycles. The average molecular weight is 182 g/mol. The van der Waals surface area contributed by atoms with Crippen molar-refractivity contribution in [3.05, 3.63) is 36.7 Å². The first kappa shape index (κ1) is 7.32. The van der Waals surface area contributed by atoms with Crippen LogP contribution in [0.3, 0.4) is 0 Å². The van der Waals surface area contributed by atoms with Gasteiger partial charge in [0.05, 0.1) is 22.8 Å². The summed E-state index contributed by atoms with van der Waals surface area (Å²) >= 11 is 0. The number of hydrogen-bond donors (Lipinski definition) is 0. The minimum Gasteiger partial charge on any atom is -0.254 e.